The van der Waals surface area contributed by atoms with Gasteiger partial charge in [-0.25, -0.2) is 0 Å². The van der Waals surface area contributed by atoms with Crippen molar-refractivity contribution in [3.63, 3.8) is 0 Å². The van der Waals surface area contributed by atoms with Gasteiger partial charge in [-0.05, 0) is 5.92 Å². The summed E-state index contributed by atoms with van der Waals surface area (Å²) in [7, 11) is 1.51. The molecule has 1 amide bonds. The zero-order valence-corrected chi connectivity index (χ0v) is 11.1. The minimum absolute atomic E-state index is 0.0369. The van der Waals surface area contributed by atoms with Crippen LogP contribution in [-0.4, -0.2) is 35.3 Å². The number of carbonyl (C=O) groups is 1. The third kappa shape index (κ3) is 3.95. The molecule has 106 valence electrons. The molecule has 0 aliphatic carbocycles. The molecule has 0 radical (unpaired) electrons. The molecule has 8 heteroatoms. The highest BCUT2D eigenvalue weighted by molar-refractivity contribution is 5.97. The fourth-order valence-corrected chi connectivity index (χ4v) is 1.49. The Hall–Kier alpha value is -2.09. The van der Waals surface area contributed by atoms with Crippen molar-refractivity contribution in [2.45, 2.75) is 26.5 Å². The number of nitrogens with two attached hydrogens (primary N) is 1. The number of nitrogens with one attached hydrogen (secondary N) is 1. The van der Waals surface area contributed by atoms with Crippen molar-refractivity contribution < 1.29 is 19.3 Å². The molecular weight excluding hydrogens is 252 g/mol. The zero-order chi connectivity index (χ0) is 14.4. The van der Waals surface area contributed by atoms with Gasteiger partial charge in [0.15, 0.2) is 17.3 Å². The summed E-state index contributed by atoms with van der Waals surface area (Å²) < 4.78 is 9.77. The number of carbonyl (C=O) groups excluding carboxylic acids is 1. The Morgan fingerprint density at radius 2 is 2.37 bits per heavy atom. The molecule has 0 aromatic carbocycles. The molecule has 1 rings (SSSR count). The number of oxime groups is 1. The molecule has 0 fully saturated rings. The van der Waals surface area contributed by atoms with Crippen LogP contribution < -0.4 is 11.1 Å². The number of amides is 1. The lowest BCUT2D eigenvalue weighted by molar-refractivity contribution is 0.0929. The topological polar surface area (TPSA) is 123 Å². The van der Waals surface area contributed by atoms with E-state index in [0.717, 1.165) is 0 Å². The van der Waals surface area contributed by atoms with Crippen molar-refractivity contribution in [2.24, 2.45) is 16.8 Å². The van der Waals surface area contributed by atoms with Crippen molar-refractivity contribution in [2.75, 3.05) is 7.11 Å². The molecule has 0 spiro atoms. The molecule has 1 heterocycles. The average Bonchev–Trinajstić information content (AvgIpc) is 2.83. The summed E-state index contributed by atoms with van der Waals surface area (Å²) in [5, 5.41) is 17.8. The molecule has 1 aromatic heterocycles. The second kappa shape index (κ2) is 6.74. The summed E-state index contributed by atoms with van der Waals surface area (Å²) in [6.07, 6.45) is 0. The number of nitrogens with zero attached hydrogens (tertiary/aromatic N) is 2. The van der Waals surface area contributed by atoms with E-state index in [9.17, 15) is 4.79 Å². The maximum atomic E-state index is 11.9. The van der Waals surface area contributed by atoms with E-state index in [1.54, 1.807) is 0 Å². The second-order valence-electron chi connectivity index (χ2n) is 4.33. The van der Waals surface area contributed by atoms with Crippen molar-refractivity contribution in [3.8, 4) is 0 Å². The first-order chi connectivity index (χ1) is 8.99. The quantitative estimate of drug-likeness (QED) is 0.296. The molecule has 0 bridgehead atoms. The number of rotatable bonds is 6. The predicted molar refractivity (Wildman–Crippen MR) is 66.7 cm³/mol. The fraction of sp³-hybridized carbons (Fsp3) is 0.545. The first kappa shape index (κ1) is 15.0. The first-order valence-corrected chi connectivity index (χ1v) is 5.72. The highest BCUT2D eigenvalue weighted by Crippen LogP contribution is 2.07. The number of aromatic nitrogens is 1. The highest BCUT2D eigenvalue weighted by atomic mass is 16.5. The van der Waals surface area contributed by atoms with Gasteiger partial charge >= 0.3 is 0 Å². The second-order valence-corrected chi connectivity index (χ2v) is 4.33. The molecular formula is C11H18N4O4. The smallest absolute Gasteiger partial charge is 0.274 e. The Morgan fingerprint density at radius 1 is 1.68 bits per heavy atom. The minimum Gasteiger partial charge on any atom is -0.409 e. The van der Waals surface area contributed by atoms with Crippen LogP contribution in [0.2, 0.25) is 0 Å². The summed E-state index contributed by atoms with van der Waals surface area (Å²) in [4.78, 5) is 11.9. The van der Waals surface area contributed by atoms with Crippen LogP contribution in [0.3, 0.4) is 0 Å². The number of ether oxygens (including phenoxy) is 1. The summed E-state index contributed by atoms with van der Waals surface area (Å²) in [6, 6.07) is 0.891. The van der Waals surface area contributed by atoms with E-state index in [2.05, 4.69) is 15.6 Å². The van der Waals surface area contributed by atoms with E-state index >= 15 is 0 Å². The van der Waals surface area contributed by atoms with Gasteiger partial charge in [0.1, 0.15) is 6.61 Å². The maximum absolute atomic E-state index is 11.9. The third-order valence-electron chi connectivity index (χ3n) is 2.47. The van der Waals surface area contributed by atoms with Gasteiger partial charge in [-0.2, -0.15) is 0 Å². The molecule has 1 aromatic rings. The summed E-state index contributed by atoms with van der Waals surface area (Å²) >= 11 is 0. The minimum atomic E-state index is -0.583. The van der Waals surface area contributed by atoms with Crippen LogP contribution in [0.1, 0.15) is 30.1 Å². The first-order valence-electron chi connectivity index (χ1n) is 5.72. The monoisotopic (exact) mass is 270 g/mol. The van der Waals surface area contributed by atoms with Crippen molar-refractivity contribution >= 4 is 11.7 Å². The number of methoxy groups -OCH3 is 1. The number of hydrogen-bond donors (Lipinski definition) is 3. The fourth-order valence-electron chi connectivity index (χ4n) is 1.49. The molecule has 0 saturated carbocycles. The van der Waals surface area contributed by atoms with Gasteiger partial charge in [-0.15, -0.1) is 0 Å². The SMILES string of the molecule is COCc1cc(C(=O)NC(C(N)=NO)C(C)C)no1. The molecule has 4 N–H and O–H groups in total. The van der Waals surface area contributed by atoms with Crippen LogP contribution in [0.5, 0.6) is 0 Å². The molecule has 0 aliphatic heterocycles. The third-order valence-corrected chi connectivity index (χ3v) is 2.47. The zero-order valence-electron chi connectivity index (χ0n) is 11.1. The lowest BCUT2D eigenvalue weighted by Crippen LogP contribution is -2.47. The van der Waals surface area contributed by atoms with E-state index in [-0.39, 0.29) is 24.1 Å². The Labute approximate surface area is 110 Å². The Kier molecular flexibility index (Phi) is 5.31. The Balaban J connectivity index is 2.76. The lowest BCUT2D eigenvalue weighted by Gasteiger charge is -2.19. The van der Waals surface area contributed by atoms with Gasteiger partial charge < -0.3 is 25.5 Å². The van der Waals surface area contributed by atoms with Crippen LogP contribution >= 0.6 is 0 Å². The van der Waals surface area contributed by atoms with Crippen LogP contribution in [0.4, 0.5) is 0 Å². The molecule has 0 aliphatic rings. The number of hydrogen-bond acceptors (Lipinski definition) is 6. The predicted octanol–water partition coefficient (Wildman–Crippen LogP) is 0.322. The molecule has 8 nitrogen and oxygen atoms in total. The molecule has 0 saturated heterocycles. The van der Waals surface area contributed by atoms with E-state index < -0.39 is 11.9 Å². The van der Waals surface area contributed by atoms with Crippen LogP contribution in [0.15, 0.2) is 15.7 Å². The van der Waals surface area contributed by atoms with E-state index in [4.69, 9.17) is 20.2 Å². The van der Waals surface area contributed by atoms with Gasteiger partial charge in [0.05, 0.1) is 6.04 Å². The summed E-state index contributed by atoms with van der Waals surface area (Å²) in [6.45, 7) is 3.90. The summed E-state index contributed by atoms with van der Waals surface area (Å²) in [5.74, 6) is -0.122. The Bertz CT molecular complexity index is 455. The molecule has 1 unspecified atom stereocenters. The maximum Gasteiger partial charge on any atom is 0.274 e. The lowest BCUT2D eigenvalue weighted by atomic mass is 10.0. The van der Waals surface area contributed by atoms with Crippen molar-refractivity contribution in [3.05, 3.63) is 17.5 Å². The van der Waals surface area contributed by atoms with Gasteiger partial charge in [0.25, 0.3) is 5.91 Å². The average molecular weight is 270 g/mol. The standard InChI is InChI=1S/C11H18N4O4/c1-6(2)9(10(12)14-17)13-11(16)8-4-7(5-18-3)19-15-8/h4,6,9,17H,5H2,1-3H3,(H2,12,14)(H,13,16). The van der Waals surface area contributed by atoms with Crippen LogP contribution in [0.25, 0.3) is 0 Å². The van der Waals surface area contributed by atoms with E-state index in [1.807, 2.05) is 13.8 Å². The number of amidine groups is 1. The van der Waals surface area contributed by atoms with E-state index in [1.165, 1.54) is 13.2 Å². The van der Waals surface area contributed by atoms with Crippen LogP contribution in [0, 0.1) is 5.92 Å². The van der Waals surface area contributed by atoms with Gasteiger partial charge in [0, 0.05) is 13.2 Å². The highest BCUT2D eigenvalue weighted by Gasteiger charge is 2.23. The van der Waals surface area contributed by atoms with E-state index in [0.29, 0.717) is 5.76 Å². The summed E-state index contributed by atoms with van der Waals surface area (Å²) in [5.41, 5.74) is 5.63. The Morgan fingerprint density at radius 3 is 2.89 bits per heavy atom. The molecule has 19 heavy (non-hydrogen) atoms. The van der Waals surface area contributed by atoms with Gasteiger partial charge in [0.2, 0.25) is 0 Å². The van der Waals surface area contributed by atoms with Crippen LogP contribution in [-0.2, 0) is 11.3 Å². The van der Waals surface area contributed by atoms with Crippen molar-refractivity contribution in [1.29, 1.82) is 0 Å². The molecule has 1 atom stereocenters. The van der Waals surface area contributed by atoms with Crippen molar-refractivity contribution in [1.82, 2.24) is 10.5 Å². The van der Waals surface area contributed by atoms with Gasteiger partial charge in [-0.3, -0.25) is 4.79 Å². The largest absolute Gasteiger partial charge is 0.409 e. The normalized spacial score (nSPS) is 13.6. The van der Waals surface area contributed by atoms with Gasteiger partial charge in [-0.1, -0.05) is 24.2 Å².